The van der Waals surface area contributed by atoms with Crippen molar-refractivity contribution in [3.63, 3.8) is 0 Å². The van der Waals surface area contributed by atoms with Crippen molar-refractivity contribution in [2.45, 2.75) is 201 Å². The number of anilines is 3. The van der Waals surface area contributed by atoms with Gasteiger partial charge in [0.1, 0.15) is 30.1 Å². The summed E-state index contributed by atoms with van der Waals surface area (Å²) in [5.41, 5.74) is 6.81. The molecule has 8 amide bonds. The van der Waals surface area contributed by atoms with Crippen LogP contribution in [0.2, 0.25) is 0 Å². The van der Waals surface area contributed by atoms with E-state index in [2.05, 4.69) is 50.7 Å². The van der Waals surface area contributed by atoms with Crippen molar-refractivity contribution in [2.24, 2.45) is 27.9 Å². The summed E-state index contributed by atoms with van der Waals surface area (Å²) in [5, 5.41) is 32.3. The highest BCUT2D eigenvalue weighted by molar-refractivity contribution is 7.85. The Morgan fingerprint density at radius 3 is 2.17 bits per heavy atom. The lowest BCUT2D eigenvalue weighted by Gasteiger charge is -2.69. The molecule has 5 aliphatic rings. The average Bonchev–Trinajstić information content (AvgIpc) is 1.08. The average molecular weight is 1540 g/mol. The maximum absolute atomic E-state index is 13.9. The van der Waals surface area contributed by atoms with Crippen LogP contribution in [0.15, 0.2) is 85.1 Å². The molecule has 0 radical (unpaired) electrons. The Kier molecular flexibility index (Phi) is 24.9. The van der Waals surface area contributed by atoms with Gasteiger partial charge in [-0.3, -0.25) is 38.5 Å². The summed E-state index contributed by atoms with van der Waals surface area (Å²) in [6, 6.07) is 19.6. The number of para-hydroxylation sites is 1. The van der Waals surface area contributed by atoms with Crippen LogP contribution in [0.1, 0.15) is 177 Å². The van der Waals surface area contributed by atoms with E-state index in [1.165, 1.54) is 42.2 Å². The molecule has 11 rings (SSSR count). The van der Waals surface area contributed by atoms with E-state index < -0.39 is 105 Å². The number of nitrogens with zero attached hydrogens (tertiary/aromatic N) is 6. The molecule has 4 saturated carbocycles. The summed E-state index contributed by atoms with van der Waals surface area (Å²) in [5.74, 6) is -4.98. The number of pyridine rings is 1. The van der Waals surface area contributed by atoms with Gasteiger partial charge in [0, 0.05) is 79.8 Å². The monoisotopic (exact) mass is 1540 g/mol. The molecule has 1 aliphatic heterocycles. The van der Waals surface area contributed by atoms with Crippen molar-refractivity contribution < 1.29 is 80.2 Å². The van der Waals surface area contributed by atoms with Crippen molar-refractivity contribution in [3.8, 4) is 11.1 Å². The number of aromatic nitrogens is 4. The fourth-order valence-corrected chi connectivity index (χ4v) is 18.0. The first-order chi connectivity index (χ1) is 51.2. The number of ether oxygens (including phenoxy) is 4. The number of benzene rings is 3. The van der Waals surface area contributed by atoms with Gasteiger partial charge < -0.3 is 66.2 Å². The number of carbonyl (C=O) groups excluding carboxylic acids is 8. The van der Waals surface area contributed by atoms with Gasteiger partial charge in [-0.25, -0.2) is 29.1 Å². The number of nitrogens with two attached hydrogens (primary N) is 1. The van der Waals surface area contributed by atoms with Gasteiger partial charge in [0.15, 0.2) is 16.4 Å². The number of carbonyl (C=O) groups is 9. The molecule has 0 saturated heterocycles. The lowest BCUT2D eigenvalue weighted by atomic mass is 9.39. The highest BCUT2D eigenvalue weighted by Gasteiger charge is 2.66. The molecule has 10 N–H and O–H groups in total. The summed E-state index contributed by atoms with van der Waals surface area (Å²) in [7, 11) is -4.53. The predicted molar refractivity (Wildman–Crippen MR) is 408 cm³/mol. The maximum atomic E-state index is 13.9. The van der Waals surface area contributed by atoms with E-state index in [-0.39, 0.29) is 72.2 Å². The molecule has 30 nitrogen and oxygen atoms in total. The number of rotatable bonds is 32. The quantitative estimate of drug-likeness (QED) is 0.00820. The Labute approximate surface area is 638 Å². The number of urea groups is 1. The zero-order valence-corrected chi connectivity index (χ0v) is 65.3. The molecule has 32 heteroatoms. The Balaban J connectivity index is 0.740. The molecule has 4 aliphatic carbocycles. The van der Waals surface area contributed by atoms with Gasteiger partial charge in [-0.15, -0.1) is 0 Å². The Morgan fingerprint density at radius 1 is 0.789 bits per heavy atom. The molecule has 2 unspecified atom stereocenters. The van der Waals surface area contributed by atoms with E-state index in [1.54, 1.807) is 72.0 Å². The highest BCUT2D eigenvalue weighted by Crippen LogP contribution is 2.72. The lowest BCUT2D eigenvalue weighted by Crippen LogP contribution is -2.64. The molecule has 5 atom stereocenters. The first kappa shape index (κ1) is 81.7. The van der Waals surface area contributed by atoms with Gasteiger partial charge in [-0.2, -0.15) is 13.5 Å². The number of carboxylic acids is 1. The third-order valence-corrected chi connectivity index (χ3v) is 22.2. The lowest BCUT2D eigenvalue weighted by molar-refractivity contribution is -0.248. The van der Waals surface area contributed by atoms with Crippen molar-refractivity contribution >= 4 is 102 Å². The number of thiazole rings is 1. The van der Waals surface area contributed by atoms with E-state index in [9.17, 15) is 61.2 Å². The fraction of sp³-hybridized carbons (Fsp3) is 0.532. The molecular formula is C77H101N13O17S2. The number of primary amides is 1. The first-order valence-electron chi connectivity index (χ1n) is 36.8. The number of hydrogen-bond acceptors (Lipinski definition) is 20. The molecule has 588 valence electrons. The van der Waals surface area contributed by atoms with Crippen LogP contribution in [-0.2, 0) is 74.4 Å². The molecule has 0 spiro atoms. The van der Waals surface area contributed by atoms with Gasteiger partial charge in [0.25, 0.3) is 21.9 Å². The molecule has 3 aromatic carbocycles. The molecule has 3 aromatic heterocycles. The summed E-state index contributed by atoms with van der Waals surface area (Å²) in [6.45, 7) is 20.3. The fourth-order valence-electron chi connectivity index (χ4n) is 16.7. The van der Waals surface area contributed by atoms with Crippen molar-refractivity contribution in [2.75, 3.05) is 54.1 Å². The molecular weight excluding hydrogens is 1440 g/mol. The van der Waals surface area contributed by atoms with Gasteiger partial charge in [-0.05, 0) is 194 Å². The highest BCUT2D eigenvalue weighted by atomic mass is 32.2. The summed E-state index contributed by atoms with van der Waals surface area (Å²) in [6.07, 6.45) is 5.57. The Bertz CT molecular complexity index is 4480. The zero-order chi connectivity index (χ0) is 79.2. The summed E-state index contributed by atoms with van der Waals surface area (Å²) in [4.78, 5) is 132. The Morgan fingerprint density at radius 2 is 1.50 bits per heavy atom. The topological polar surface area (TPSA) is 413 Å². The van der Waals surface area contributed by atoms with Crippen LogP contribution in [0, 0.1) is 29.1 Å². The smallest absolute Gasteiger partial charge is 0.410 e. The first-order valence-corrected chi connectivity index (χ1v) is 39.2. The van der Waals surface area contributed by atoms with Crippen LogP contribution >= 0.6 is 11.3 Å². The van der Waals surface area contributed by atoms with Crippen LogP contribution in [0.25, 0.3) is 21.3 Å². The number of fused-ring (bicyclic) bond motifs is 2. The van der Waals surface area contributed by atoms with Crippen LogP contribution in [-0.4, -0.2) is 170 Å². The number of nitrogens with one attached hydrogen (secondary N) is 6. The largest absolute Gasteiger partial charge is 0.476 e. The SMILES string of the molecule is Cc1c(-c2ccc(N3CCc4cccc(C(=O)Nc5nc6ccccc6s5)c4C3)nc2C(=O)O)cnn1CC12CC3(C)CC(C)(C1)CC(OCCN(CCS(=O)(=O)O)C(=O)OCc1ccc(NC(=O)C(C)(C)OC(=O)N[C@@H](CCC(=O)OC(C)(C)C)C(=O)N[C@H](C(=O)N[C@@H](C)CCCNC(N)=O)C(C)C)cc1)(C3)C2. The van der Waals surface area contributed by atoms with Gasteiger partial charge in [0.05, 0.1) is 34.4 Å². The number of esters is 1. The summed E-state index contributed by atoms with van der Waals surface area (Å²) < 4.78 is 60.7. The second kappa shape index (κ2) is 33.2. The van der Waals surface area contributed by atoms with Gasteiger partial charge in [0.2, 0.25) is 11.8 Å². The minimum absolute atomic E-state index is 0.0153. The summed E-state index contributed by atoms with van der Waals surface area (Å²) >= 11 is 1.40. The molecule has 6 aromatic rings. The van der Waals surface area contributed by atoms with E-state index in [4.69, 9.17) is 34.8 Å². The number of aromatic carboxylic acids is 1. The van der Waals surface area contributed by atoms with Crippen LogP contribution in [0.3, 0.4) is 0 Å². The van der Waals surface area contributed by atoms with E-state index in [0.717, 1.165) is 59.1 Å². The minimum Gasteiger partial charge on any atom is -0.476 e. The Hall–Kier alpha value is -9.79. The third kappa shape index (κ3) is 21.2. The van der Waals surface area contributed by atoms with Crippen molar-refractivity contribution in [1.29, 1.82) is 0 Å². The van der Waals surface area contributed by atoms with Crippen molar-refractivity contribution in [1.82, 2.24) is 45.9 Å². The molecule has 4 fully saturated rings. The standard InChI is InChI=1S/C77H101N13O17S2/c1-46(2)61(65(94)81-47(3)16-15-30-79-68(78)98)86-64(93)57(26-28-60(91)106-72(5,6)7)84-70(99)107-73(8,9)67(97)82-51-23-21-49(22-24-51)38-104-71(100)88(33-35-109(101,102)103)32-34-105-77-42-74(10)39-75(11,43-77)41-76(40-74,44-77)45-90-48(4)54(36-80-90)52-25-27-59(85-62(52)66(95)96)89-31-29-50-17-14-18-53(55(50)37-89)63(92)87-69-83-56-19-12-13-20-58(56)108-69/h12-14,17-25,27,36,46-47,57,61H,15-16,26,28-35,37-45H2,1-11H3,(H,81,94)(H,82,97)(H,84,99)(H,86,93)(H,95,96)(H3,78,79,98)(H,83,87,92)(H,101,102,103)/t47-,57-,61-,74?,75?,76?,77?/m0/s1. The van der Waals surface area contributed by atoms with Gasteiger partial charge in [-0.1, -0.05) is 75.4 Å². The number of amides is 8. The molecule has 4 bridgehead atoms. The normalized spacial score (nSPS) is 20.2. The number of alkyl carbamates (subject to hydrolysis) is 1. The minimum atomic E-state index is -4.53. The maximum Gasteiger partial charge on any atom is 0.410 e. The van der Waals surface area contributed by atoms with E-state index in [1.807, 2.05) is 59.0 Å². The van der Waals surface area contributed by atoms with E-state index in [0.29, 0.717) is 85.1 Å². The predicted octanol–water partition coefficient (Wildman–Crippen LogP) is 10.1. The number of hydrogen-bond donors (Lipinski definition) is 9. The second-order valence-corrected chi connectivity index (χ2v) is 34.8. The van der Waals surface area contributed by atoms with E-state index >= 15 is 0 Å². The third-order valence-electron chi connectivity index (χ3n) is 20.5. The van der Waals surface area contributed by atoms with Crippen LogP contribution < -0.4 is 42.5 Å². The van der Waals surface area contributed by atoms with Crippen molar-refractivity contribution in [3.05, 3.63) is 119 Å². The van der Waals surface area contributed by atoms with Gasteiger partial charge >= 0.3 is 30.2 Å². The zero-order valence-electron chi connectivity index (χ0n) is 63.6. The second-order valence-electron chi connectivity index (χ2n) is 32.2. The molecule has 109 heavy (non-hydrogen) atoms. The van der Waals surface area contributed by atoms with Crippen LogP contribution in [0.5, 0.6) is 0 Å². The van der Waals surface area contributed by atoms with Crippen LogP contribution in [0.4, 0.5) is 31.0 Å². The number of carboxylic acid groups (broad SMARTS) is 1. The molecule has 4 heterocycles.